The number of piperidine rings is 1. The van der Waals surface area contributed by atoms with E-state index in [9.17, 15) is 18.0 Å². The summed E-state index contributed by atoms with van der Waals surface area (Å²) >= 11 is 0. The molecular weight excluding hydrogens is 365 g/mol. The fourth-order valence-electron chi connectivity index (χ4n) is 4.32. The highest BCUT2D eigenvalue weighted by Crippen LogP contribution is 2.58. The molecule has 1 unspecified atom stereocenters. The summed E-state index contributed by atoms with van der Waals surface area (Å²) in [7, 11) is 0. The van der Waals surface area contributed by atoms with Crippen molar-refractivity contribution in [3.05, 3.63) is 35.4 Å². The molecule has 26 heavy (non-hydrogen) atoms. The molecule has 2 N–H and O–H groups in total. The molecular formula is C19H24ClF3N2O. The highest BCUT2D eigenvalue weighted by Gasteiger charge is 2.58. The van der Waals surface area contributed by atoms with Gasteiger partial charge in [0.15, 0.2) is 0 Å². The van der Waals surface area contributed by atoms with Gasteiger partial charge in [-0.25, -0.2) is 0 Å². The van der Waals surface area contributed by atoms with E-state index in [0.29, 0.717) is 12.1 Å². The van der Waals surface area contributed by atoms with Crippen molar-refractivity contribution in [3.8, 4) is 0 Å². The lowest BCUT2D eigenvalue weighted by atomic mass is 9.91. The standard InChI is InChI=1S/C19H23F3N2O.ClH/c20-19(21,22)14-3-1-2-13(10-14)18(4-5-18)12-24-16(25)15-11-17(15)6-8-23-9-7-17;/h1-3,10,15,23H,4-9,11-12H2,(H,24,25);1H. The van der Waals surface area contributed by atoms with Gasteiger partial charge in [-0.3, -0.25) is 4.79 Å². The topological polar surface area (TPSA) is 41.1 Å². The van der Waals surface area contributed by atoms with Gasteiger partial charge in [0.2, 0.25) is 5.91 Å². The van der Waals surface area contributed by atoms with Crippen LogP contribution in [0.2, 0.25) is 0 Å². The van der Waals surface area contributed by atoms with Gasteiger partial charge in [0.1, 0.15) is 0 Å². The Labute approximate surface area is 157 Å². The van der Waals surface area contributed by atoms with Crippen LogP contribution in [0.5, 0.6) is 0 Å². The summed E-state index contributed by atoms with van der Waals surface area (Å²) < 4.78 is 38.8. The van der Waals surface area contributed by atoms with Crippen LogP contribution >= 0.6 is 12.4 Å². The molecule has 1 saturated heterocycles. The van der Waals surface area contributed by atoms with E-state index in [1.807, 2.05) is 0 Å². The van der Waals surface area contributed by atoms with E-state index in [4.69, 9.17) is 0 Å². The fraction of sp³-hybridized carbons (Fsp3) is 0.632. The molecule has 3 aliphatic rings. The maximum Gasteiger partial charge on any atom is 0.416 e. The van der Waals surface area contributed by atoms with Gasteiger partial charge in [-0.15, -0.1) is 12.4 Å². The van der Waals surface area contributed by atoms with Crippen molar-refractivity contribution in [1.82, 2.24) is 10.6 Å². The smallest absolute Gasteiger partial charge is 0.355 e. The monoisotopic (exact) mass is 388 g/mol. The number of nitrogens with one attached hydrogen (secondary N) is 2. The average Bonchev–Trinajstić information content (AvgIpc) is 3.50. The van der Waals surface area contributed by atoms with E-state index in [1.165, 1.54) is 12.1 Å². The van der Waals surface area contributed by atoms with Crippen molar-refractivity contribution in [3.63, 3.8) is 0 Å². The zero-order valence-corrected chi connectivity index (χ0v) is 15.3. The molecule has 1 atom stereocenters. The highest BCUT2D eigenvalue weighted by molar-refractivity contribution is 5.85. The maximum absolute atomic E-state index is 12.9. The van der Waals surface area contributed by atoms with E-state index in [2.05, 4.69) is 10.6 Å². The van der Waals surface area contributed by atoms with Crippen molar-refractivity contribution in [2.24, 2.45) is 11.3 Å². The largest absolute Gasteiger partial charge is 0.416 e. The third kappa shape index (κ3) is 3.58. The van der Waals surface area contributed by atoms with Gasteiger partial charge < -0.3 is 10.6 Å². The molecule has 1 amide bonds. The average molecular weight is 389 g/mol. The zero-order chi connectivity index (χ0) is 17.7. The Kier molecular flexibility index (Phi) is 5.03. The molecule has 1 heterocycles. The maximum atomic E-state index is 12.9. The van der Waals surface area contributed by atoms with Gasteiger partial charge in [0, 0.05) is 17.9 Å². The number of hydrogen-bond donors (Lipinski definition) is 2. The third-order valence-corrected chi connectivity index (χ3v) is 6.36. The molecule has 0 bridgehead atoms. The van der Waals surface area contributed by atoms with Crippen LogP contribution in [-0.2, 0) is 16.4 Å². The molecule has 0 radical (unpaired) electrons. The van der Waals surface area contributed by atoms with E-state index in [-0.39, 0.29) is 35.1 Å². The Hall–Kier alpha value is -1.27. The SMILES string of the molecule is Cl.O=C(NCC1(c2cccc(C(F)(F)F)c2)CC1)C1CC12CCNCC2. The number of alkyl halides is 3. The summed E-state index contributed by atoms with van der Waals surface area (Å²) in [5.74, 6) is 0.173. The van der Waals surface area contributed by atoms with Crippen molar-refractivity contribution in [2.45, 2.75) is 43.7 Å². The zero-order valence-electron chi connectivity index (χ0n) is 14.5. The predicted octanol–water partition coefficient (Wildman–Crippen LogP) is 3.66. The molecule has 4 rings (SSSR count). The van der Waals surface area contributed by atoms with Gasteiger partial charge in [-0.05, 0) is 62.2 Å². The quantitative estimate of drug-likeness (QED) is 0.826. The van der Waals surface area contributed by atoms with Gasteiger partial charge in [0.05, 0.1) is 5.56 Å². The lowest BCUT2D eigenvalue weighted by Gasteiger charge is -2.24. The fourth-order valence-corrected chi connectivity index (χ4v) is 4.32. The van der Waals surface area contributed by atoms with Crippen LogP contribution < -0.4 is 10.6 Å². The van der Waals surface area contributed by atoms with Gasteiger partial charge in [-0.1, -0.05) is 18.2 Å². The Morgan fingerprint density at radius 3 is 2.50 bits per heavy atom. The first-order chi connectivity index (χ1) is 11.8. The van der Waals surface area contributed by atoms with Crippen LogP contribution in [0.25, 0.3) is 0 Å². The van der Waals surface area contributed by atoms with Crippen LogP contribution in [0.1, 0.15) is 43.2 Å². The molecule has 3 nitrogen and oxygen atoms in total. The molecule has 7 heteroatoms. The van der Waals surface area contributed by atoms with Crippen LogP contribution in [0, 0.1) is 11.3 Å². The van der Waals surface area contributed by atoms with Gasteiger partial charge in [0.25, 0.3) is 0 Å². The van der Waals surface area contributed by atoms with Gasteiger partial charge in [-0.2, -0.15) is 13.2 Å². The van der Waals surface area contributed by atoms with Crippen molar-refractivity contribution in [1.29, 1.82) is 0 Å². The number of benzene rings is 1. The van der Waals surface area contributed by atoms with Crippen LogP contribution in [0.3, 0.4) is 0 Å². The van der Waals surface area contributed by atoms with Gasteiger partial charge >= 0.3 is 6.18 Å². The molecule has 2 saturated carbocycles. The Morgan fingerprint density at radius 2 is 1.88 bits per heavy atom. The summed E-state index contributed by atoms with van der Waals surface area (Å²) in [4.78, 5) is 12.5. The number of rotatable bonds is 4. The molecule has 1 aromatic carbocycles. The first kappa shape index (κ1) is 19.5. The van der Waals surface area contributed by atoms with E-state index in [1.54, 1.807) is 6.07 Å². The minimum absolute atomic E-state index is 0. The van der Waals surface area contributed by atoms with E-state index in [0.717, 1.165) is 51.3 Å². The minimum atomic E-state index is -4.33. The number of amides is 1. The molecule has 0 aromatic heterocycles. The van der Waals surface area contributed by atoms with E-state index >= 15 is 0 Å². The molecule has 2 aliphatic carbocycles. The Morgan fingerprint density at radius 1 is 1.19 bits per heavy atom. The lowest BCUT2D eigenvalue weighted by Crippen LogP contribution is -2.36. The second-order valence-electron chi connectivity index (χ2n) is 7.95. The molecule has 3 fully saturated rings. The number of carbonyl (C=O) groups is 1. The lowest BCUT2D eigenvalue weighted by molar-refractivity contribution is -0.137. The summed E-state index contributed by atoms with van der Waals surface area (Å²) in [6.07, 6.45) is 0.373. The predicted molar refractivity (Wildman–Crippen MR) is 95.3 cm³/mol. The third-order valence-electron chi connectivity index (χ3n) is 6.36. The first-order valence-corrected chi connectivity index (χ1v) is 9.01. The second kappa shape index (κ2) is 6.71. The molecule has 144 valence electrons. The number of hydrogen-bond acceptors (Lipinski definition) is 2. The van der Waals surface area contributed by atoms with Crippen molar-refractivity contribution >= 4 is 18.3 Å². The Bertz CT molecular complexity index is 682. The summed E-state index contributed by atoms with van der Waals surface area (Å²) in [6.45, 7) is 2.38. The number of carbonyl (C=O) groups excluding carboxylic acids is 1. The summed E-state index contributed by atoms with van der Waals surface area (Å²) in [6, 6.07) is 5.55. The normalized spacial score (nSPS) is 25.3. The first-order valence-electron chi connectivity index (χ1n) is 9.01. The molecule has 1 aromatic rings. The highest BCUT2D eigenvalue weighted by atomic mass is 35.5. The minimum Gasteiger partial charge on any atom is -0.355 e. The van der Waals surface area contributed by atoms with Crippen LogP contribution in [0.4, 0.5) is 13.2 Å². The summed E-state index contributed by atoms with van der Waals surface area (Å²) in [5.41, 5.74) is -0.0523. The van der Waals surface area contributed by atoms with Crippen molar-refractivity contribution < 1.29 is 18.0 Å². The number of halogens is 4. The van der Waals surface area contributed by atoms with Crippen LogP contribution in [-0.4, -0.2) is 25.5 Å². The molecule has 1 aliphatic heterocycles. The Balaban J connectivity index is 0.00000196. The second-order valence-corrected chi connectivity index (χ2v) is 7.95. The van der Waals surface area contributed by atoms with E-state index < -0.39 is 11.7 Å². The van der Waals surface area contributed by atoms with Crippen molar-refractivity contribution in [2.75, 3.05) is 19.6 Å². The summed E-state index contributed by atoms with van der Waals surface area (Å²) in [5, 5.41) is 6.36. The molecule has 1 spiro atoms. The van der Waals surface area contributed by atoms with Crippen LogP contribution in [0.15, 0.2) is 24.3 Å².